The molecule has 0 aliphatic carbocycles. The van der Waals surface area contributed by atoms with Crippen LogP contribution in [0.15, 0.2) is 64.8 Å². The molecular formula is C16H11BrN4O3. The minimum atomic E-state index is -0.744. The number of hydrogen-bond acceptors (Lipinski definition) is 5. The largest absolute Gasteiger partial charge is 0.359 e. The molecule has 0 saturated heterocycles. The van der Waals surface area contributed by atoms with Crippen molar-refractivity contribution in [3.05, 3.63) is 74.9 Å². The number of hydrogen-bond donors (Lipinski definition) is 2. The van der Waals surface area contributed by atoms with Crippen molar-refractivity contribution in [1.29, 1.82) is 5.26 Å². The van der Waals surface area contributed by atoms with Gasteiger partial charge in [0.1, 0.15) is 17.3 Å². The second-order valence-electron chi connectivity index (χ2n) is 4.52. The summed E-state index contributed by atoms with van der Waals surface area (Å²) in [5.74, 6) is -0.744. The van der Waals surface area contributed by atoms with Gasteiger partial charge in [-0.15, -0.1) is 0 Å². The molecule has 0 fully saturated rings. The highest BCUT2D eigenvalue weighted by atomic mass is 79.9. The van der Waals surface area contributed by atoms with Gasteiger partial charge in [-0.2, -0.15) is 5.26 Å². The minimum Gasteiger partial charge on any atom is -0.359 e. The number of nitriles is 1. The van der Waals surface area contributed by atoms with E-state index in [-0.39, 0.29) is 16.9 Å². The Labute approximate surface area is 145 Å². The molecule has 24 heavy (non-hydrogen) atoms. The van der Waals surface area contributed by atoms with Crippen molar-refractivity contribution < 1.29 is 9.72 Å². The first-order chi connectivity index (χ1) is 11.5. The number of benzene rings is 2. The first-order valence-corrected chi connectivity index (χ1v) is 7.48. The van der Waals surface area contributed by atoms with Crippen molar-refractivity contribution in [1.82, 2.24) is 0 Å². The van der Waals surface area contributed by atoms with Gasteiger partial charge >= 0.3 is 0 Å². The molecule has 0 aromatic heterocycles. The number of carbonyl (C=O) groups excluding carboxylic acids is 1. The van der Waals surface area contributed by atoms with E-state index in [1.165, 1.54) is 24.4 Å². The van der Waals surface area contributed by atoms with Crippen LogP contribution < -0.4 is 10.6 Å². The standard InChI is InChI=1S/C16H11BrN4O3/c17-12-5-1-2-6-13(12)19-10-11(9-18)16(22)20-14-7-3-4-8-15(14)21(23)24/h1-8,10,19H,(H,20,22)/b11-10-. The smallest absolute Gasteiger partial charge is 0.292 e. The Morgan fingerprint density at radius 2 is 1.79 bits per heavy atom. The highest BCUT2D eigenvalue weighted by Crippen LogP contribution is 2.24. The number of amides is 1. The van der Waals surface area contributed by atoms with Gasteiger partial charge in [0.2, 0.25) is 0 Å². The average Bonchev–Trinajstić information content (AvgIpc) is 2.57. The lowest BCUT2D eigenvalue weighted by molar-refractivity contribution is -0.383. The summed E-state index contributed by atoms with van der Waals surface area (Å²) in [6.45, 7) is 0. The zero-order valence-corrected chi connectivity index (χ0v) is 13.8. The molecule has 0 unspecified atom stereocenters. The zero-order valence-electron chi connectivity index (χ0n) is 12.2. The average molecular weight is 387 g/mol. The van der Waals surface area contributed by atoms with Crippen LogP contribution in [-0.4, -0.2) is 10.8 Å². The summed E-state index contributed by atoms with van der Waals surface area (Å²) in [7, 11) is 0. The van der Waals surface area contributed by atoms with E-state index < -0.39 is 10.8 Å². The SMILES string of the molecule is N#C/C(=C/Nc1ccccc1Br)C(=O)Nc1ccccc1[N+](=O)[O-]. The fourth-order valence-electron chi connectivity index (χ4n) is 1.80. The normalized spacial score (nSPS) is 10.6. The maximum absolute atomic E-state index is 12.1. The Morgan fingerprint density at radius 3 is 2.42 bits per heavy atom. The van der Waals surface area contributed by atoms with Crippen LogP contribution in [-0.2, 0) is 4.79 Å². The maximum Gasteiger partial charge on any atom is 0.292 e. The molecular weight excluding hydrogens is 376 g/mol. The van der Waals surface area contributed by atoms with Gasteiger partial charge in [0.15, 0.2) is 0 Å². The molecule has 2 rings (SSSR count). The Hall–Kier alpha value is -3.18. The van der Waals surface area contributed by atoms with Gasteiger partial charge in [-0.25, -0.2) is 0 Å². The first kappa shape index (κ1) is 17.2. The van der Waals surface area contributed by atoms with Crippen molar-refractivity contribution >= 4 is 38.9 Å². The van der Waals surface area contributed by atoms with Gasteiger partial charge in [0.25, 0.3) is 11.6 Å². The van der Waals surface area contributed by atoms with Gasteiger partial charge in [-0.3, -0.25) is 14.9 Å². The van der Waals surface area contributed by atoms with Gasteiger partial charge in [0.05, 0.1) is 10.6 Å². The highest BCUT2D eigenvalue weighted by Gasteiger charge is 2.17. The number of halogens is 1. The van der Waals surface area contributed by atoms with E-state index in [1.807, 2.05) is 6.07 Å². The number of nitrogens with zero attached hydrogens (tertiary/aromatic N) is 2. The van der Waals surface area contributed by atoms with Crippen LogP contribution in [0.5, 0.6) is 0 Å². The first-order valence-electron chi connectivity index (χ1n) is 6.69. The third-order valence-electron chi connectivity index (χ3n) is 2.96. The van der Waals surface area contributed by atoms with E-state index in [1.54, 1.807) is 30.3 Å². The molecule has 0 aliphatic rings. The van der Waals surface area contributed by atoms with E-state index in [9.17, 15) is 14.9 Å². The van der Waals surface area contributed by atoms with Crippen LogP contribution in [0, 0.1) is 21.4 Å². The van der Waals surface area contributed by atoms with E-state index in [0.29, 0.717) is 5.69 Å². The van der Waals surface area contributed by atoms with E-state index in [0.717, 1.165) is 4.47 Å². The number of nitrogens with one attached hydrogen (secondary N) is 2. The minimum absolute atomic E-state index is 0.0227. The molecule has 0 atom stereocenters. The lowest BCUT2D eigenvalue weighted by atomic mass is 10.2. The Kier molecular flexibility index (Phi) is 5.65. The number of nitro groups is 1. The number of anilines is 2. The maximum atomic E-state index is 12.1. The van der Waals surface area contributed by atoms with Crippen molar-refractivity contribution in [3.63, 3.8) is 0 Å². The van der Waals surface area contributed by atoms with Gasteiger partial charge in [-0.1, -0.05) is 24.3 Å². The quantitative estimate of drug-likeness (QED) is 0.351. The summed E-state index contributed by atoms with van der Waals surface area (Å²) in [5, 5.41) is 25.3. The van der Waals surface area contributed by atoms with Crippen molar-refractivity contribution in [2.24, 2.45) is 0 Å². The number of nitro benzene ring substituents is 1. The molecule has 0 saturated carbocycles. The molecule has 0 heterocycles. The molecule has 1 amide bonds. The van der Waals surface area contributed by atoms with Crippen LogP contribution >= 0.6 is 15.9 Å². The summed E-state index contributed by atoms with van der Waals surface area (Å²) in [6, 6.07) is 14.6. The van der Waals surface area contributed by atoms with E-state index >= 15 is 0 Å². The molecule has 2 N–H and O–H groups in total. The predicted octanol–water partition coefficient (Wildman–Crippen LogP) is 3.82. The van der Waals surface area contributed by atoms with Crippen LogP contribution in [0.4, 0.5) is 17.1 Å². The molecule has 2 aromatic carbocycles. The van der Waals surface area contributed by atoms with Crippen LogP contribution in [0.1, 0.15) is 0 Å². The van der Waals surface area contributed by atoms with Gasteiger partial charge < -0.3 is 10.6 Å². The van der Waals surface area contributed by atoms with Gasteiger partial charge in [-0.05, 0) is 34.1 Å². The van der Waals surface area contributed by atoms with Crippen LogP contribution in [0.2, 0.25) is 0 Å². The van der Waals surface area contributed by atoms with E-state index in [4.69, 9.17) is 5.26 Å². The molecule has 0 aliphatic heterocycles. The molecule has 120 valence electrons. The lowest BCUT2D eigenvalue weighted by Crippen LogP contribution is -2.15. The Morgan fingerprint density at radius 1 is 1.17 bits per heavy atom. The Bertz CT molecular complexity index is 858. The monoisotopic (exact) mass is 386 g/mol. The predicted molar refractivity (Wildman–Crippen MR) is 93.2 cm³/mol. The summed E-state index contributed by atoms with van der Waals surface area (Å²) in [4.78, 5) is 22.5. The van der Waals surface area contributed by atoms with Crippen LogP contribution in [0.25, 0.3) is 0 Å². The Balaban J connectivity index is 2.18. The fraction of sp³-hybridized carbons (Fsp3) is 0. The molecule has 7 nitrogen and oxygen atoms in total. The third kappa shape index (κ3) is 4.18. The van der Waals surface area contributed by atoms with Crippen molar-refractivity contribution in [2.45, 2.75) is 0 Å². The fourth-order valence-corrected chi connectivity index (χ4v) is 2.20. The topological polar surface area (TPSA) is 108 Å². The van der Waals surface area contributed by atoms with E-state index in [2.05, 4.69) is 26.6 Å². The summed E-state index contributed by atoms with van der Waals surface area (Å²) in [5.41, 5.74) is 0.226. The van der Waals surface area contributed by atoms with Gasteiger partial charge in [0, 0.05) is 16.7 Å². The molecule has 0 radical (unpaired) electrons. The number of rotatable bonds is 5. The molecule has 0 spiro atoms. The molecule has 2 aromatic rings. The number of para-hydroxylation sites is 3. The zero-order chi connectivity index (χ0) is 17.5. The second-order valence-corrected chi connectivity index (χ2v) is 5.38. The third-order valence-corrected chi connectivity index (χ3v) is 3.65. The lowest BCUT2D eigenvalue weighted by Gasteiger charge is -2.06. The molecule has 8 heteroatoms. The summed E-state index contributed by atoms with van der Waals surface area (Å²) in [6.07, 6.45) is 1.24. The number of carbonyl (C=O) groups is 1. The van der Waals surface area contributed by atoms with Crippen molar-refractivity contribution in [2.75, 3.05) is 10.6 Å². The van der Waals surface area contributed by atoms with Crippen LogP contribution in [0.3, 0.4) is 0 Å². The molecule has 0 bridgehead atoms. The summed E-state index contributed by atoms with van der Waals surface area (Å²) >= 11 is 3.33. The highest BCUT2D eigenvalue weighted by molar-refractivity contribution is 9.10. The second kappa shape index (κ2) is 7.89. The van der Waals surface area contributed by atoms with Crippen molar-refractivity contribution in [3.8, 4) is 6.07 Å². The summed E-state index contributed by atoms with van der Waals surface area (Å²) < 4.78 is 0.762.